The summed E-state index contributed by atoms with van der Waals surface area (Å²) in [4.78, 5) is 14.9. The lowest BCUT2D eigenvalue weighted by atomic mass is 9.94. The predicted octanol–water partition coefficient (Wildman–Crippen LogP) is 1.17. The molecule has 0 radical (unpaired) electrons. The fraction of sp³-hybridized carbons (Fsp3) is 0.632. The maximum atomic E-state index is 12.6. The smallest absolute Gasteiger partial charge is 0.223 e. The Morgan fingerprint density at radius 3 is 2.24 bits per heavy atom. The molecule has 1 aromatic rings. The lowest BCUT2D eigenvalue weighted by Gasteiger charge is -2.35. The number of nitrogens with one attached hydrogen (secondary N) is 1. The highest BCUT2D eigenvalue weighted by Crippen LogP contribution is 2.26. The van der Waals surface area contributed by atoms with Crippen molar-refractivity contribution in [2.24, 2.45) is 5.92 Å². The van der Waals surface area contributed by atoms with Crippen molar-refractivity contribution in [3.63, 3.8) is 0 Å². The molecule has 2 saturated heterocycles. The molecule has 1 N–H and O–H groups in total. The van der Waals surface area contributed by atoms with E-state index in [-0.39, 0.29) is 23.9 Å². The van der Waals surface area contributed by atoms with Crippen molar-refractivity contribution in [1.29, 1.82) is 0 Å². The van der Waals surface area contributed by atoms with Gasteiger partial charge in [0.2, 0.25) is 5.91 Å². The van der Waals surface area contributed by atoms with Gasteiger partial charge in [0.1, 0.15) is 0 Å². The summed E-state index contributed by atoms with van der Waals surface area (Å²) in [5, 5.41) is 3.24. The Labute approximate surface area is 149 Å². The van der Waals surface area contributed by atoms with E-state index in [2.05, 4.69) is 34.5 Å². The summed E-state index contributed by atoms with van der Waals surface area (Å²) in [7, 11) is -2.84. The molecule has 1 amide bonds. The third-order valence-electron chi connectivity index (χ3n) is 6.02. The van der Waals surface area contributed by atoms with Crippen LogP contribution in [-0.2, 0) is 27.5 Å². The van der Waals surface area contributed by atoms with E-state index in [9.17, 15) is 13.2 Å². The molecule has 0 aromatic heterocycles. The van der Waals surface area contributed by atoms with E-state index in [1.165, 1.54) is 11.1 Å². The van der Waals surface area contributed by atoms with E-state index in [0.29, 0.717) is 11.5 Å². The number of piperidine rings is 1. The fourth-order valence-electron chi connectivity index (χ4n) is 4.57. The van der Waals surface area contributed by atoms with Gasteiger partial charge in [-0.1, -0.05) is 24.3 Å². The van der Waals surface area contributed by atoms with Crippen LogP contribution in [0.1, 0.15) is 30.4 Å². The monoisotopic (exact) mass is 362 g/mol. The Hall–Kier alpha value is -1.40. The van der Waals surface area contributed by atoms with Gasteiger partial charge in [0.25, 0.3) is 0 Å². The van der Waals surface area contributed by atoms with Gasteiger partial charge < -0.3 is 5.32 Å². The summed E-state index contributed by atoms with van der Waals surface area (Å²) in [6, 6.07) is 8.80. The van der Waals surface area contributed by atoms with Gasteiger partial charge in [-0.3, -0.25) is 9.69 Å². The van der Waals surface area contributed by atoms with Gasteiger partial charge in [0.15, 0.2) is 9.84 Å². The Morgan fingerprint density at radius 2 is 1.68 bits per heavy atom. The molecule has 4 rings (SSSR count). The van der Waals surface area contributed by atoms with Gasteiger partial charge >= 0.3 is 0 Å². The minimum Gasteiger partial charge on any atom is -0.352 e. The number of carbonyl (C=O) groups excluding carboxylic acids is 1. The molecule has 25 heavy (non-hydrogen) atoms. The second-order valence-corrected chi connectivity index (χ2v) is 9.98. The summed E-state index contributed by atoms with van der Waals surface area (Å²) >= 11 is 0. The Bertz CT molecular complexity index is 729. The first-order valence-electron chi connectivity index (χ1n) is 9.32. The Kier molecular flexibility index (Phi) is 4.58. The molecule has 5 nitrogen and oxygen atoms in total. The van der Waals surface area contributed by atoms with E-state index in [1.54, 1.807) is 0 Å². The molecule has 136 valence electrons. The molecule has 6 heteroatoms. The third-order valence-corrected chi connectivity index (χ3v) is 7.77. The van der Waals surface area contributed by atoms with Crippen LogP contribution in [-0.4, -0.2) is 55.9 Å². The molecule has 1 aromatic carbocycles. The summed E-state index contributed by atoms with van der Waals surface area (Å²) < 4.78 is 23.3. The van der Waals surface area contributed by atoms with Crippen LogP contribution >= 0.6 is 0 Å². The van der Waals surface area contributed by atoms with Crippen molar-refractivity contribution in [2.45, 2.75) is 44.2 Å². The third kappa shape index (κ3) is 3.75. The summed E-state index contributed by atoms with van der Waals surface area (Å²) in [6.45, 7) is 1.67. The number of rotatable bonds is 3. The van der Waals surface area contributed by atoms with Gasteiger partial charge in [-0.05, 0) is 56.3 Å². The van der Waals surface area contributed by atoms with E-state index < -0.39 is 9.84 Å². The highest BCUT2D eigenvalue weighted by atomic mass is 32.2. The first kappa shape index (κ1) is 17.0. The largest absolute Gasteiger partial charge is 0.352 e. The number of hydrogen-bond acceptors (Lipinski definition) is 4. The number of likely N-dealkylation sites (tertiary alicyclic amines) is 1. The molecule has 2 fully saturated rings. The van der Waals surface area contributed by atoms with Gasteiger partial charge in [0.05, 0.1) is 11.5 Å². The lowest BCUT2D eigenvalue weighted by molar-refractivity contribution is -0.127. The van der Waals surface area contributed by atoms with Gasteiger partial charge in [0, 0.05) is 18.0 Å². The van der Waals surface area contributed by atoms with Crippen molar-refractivity contribution < 1.29 is 13.2 Å². The quantitative estimate of drug-likeness (QED) is 0.877. The molecule has 2 aliphatic heterocycles. The van der Waals surface area contributed by atoms with Crippen LogP contribution in [0.2, 0.25) is 0 Å². The average Bonchev–Trinajstić information content (AvgIpc) is 3.17. The highest BCUT2D eigenvalue weighted by Gasteiger charge is 2.35. The second kappa shape index (κ2) is 6.72. The number of carbonyl (C=O) groups is 1. The van der Waals surface area contributed by atoms with E-state index >= 15 is 0 Å². The number of benzene rings is 1. The standard InChI is InChI=1S/C19H26N2O3S/c22-19(20-17-11-15-3-1-2-4-16(15)12-17)14-5-8-21(9-6-14)18-7-10-25(23,24)13-18/h1-4,14,17-18H,5-13H2,(H,20,22). The number of nitrogens with zero attached hydrogens (tertiary/aromatic N) is 1. The van der Waals surface area contributed by atoms with E-state index in [0.717, 1.165) is 45.2 Å². The Morgan fingerprint density at radius 1 is 1.04 bits per heavy atom. The molecule has 0 bridgehead atoms. The zero-order valence-corrected chi connectivity index (χ0v) is 15.3. The SMILES string of the molecule is O=C(NC1Cc2ccccc2C1)C1CCN(C2CCS(=O)(=O)C2)CC1. The molecule has 0 saturated carbocycles. The first-order valence-corrected chi connectivity index (χ1v) is 11.1. The summed E-state index contributed by atoms with van der Waals surface area (Å²) in [6.07, 6.45) is 4.28. The normalized spacial score (nSPS) is 27.3. The first-order chi connectivity index (χ1) is 12.0. The Balaban J connectivity index is 1.26. The number of fused-ring (bicyclic) bond motifs is 1. The van der Waals surface area contributed by atoms with Crippen LogP contribution in [0.3, 0.4) is 0 Å². The van der Waals surface area contributed by atoms with Gasteiger partial charge in [-0.15, -0.1) is 0 Å². The summed E-state index contributed by atoms with van der Waals surface area (Å²) in [5.74, 6) is 0.860. The van der Waals surface area contributed by atoms with Crippen LogP contribution in [0, 0.1) is 5.92 Å². The molecule has 0 spiro atoms. The minimum absolute atomic E-state index is 0.0676. The van der Waals surface area contributed by atoms with Gasteiger partial charge in [-0.25, -0.2) is 8.42 Å². The average molecular weight is 362 g/mol. The van der Waals surface area contributed by atoms with Crippen LogP contribution in [0.25, 0.3) is 0 Å². The zero-order chi connectivity index (χ0) is 17.4. The topological polar surface area (TPSA) is 66.5 Å². The number of hydrogen-bond donors (Lipinski definition) is 1. The van der Waals surface area contributed by atoms with Crippen molar-refractivity contribution in [3.05, 3.63) is 35.4 Å². The second-order valence-electron chi connectivity index (χ2n) is 7.75. The molecule has 3 aliphatic rings. The molecule has 1 unspecified atom stereocenters. The molecular formula is C19H26N2O3S. The lowest BCUT2D eigenvalue weighted by Crippen LogP contribution is -2.47. The number of sulfone groups is 1. The molecule has 1 atom stereocenters. The van der Waals surface area contributed by atoms with Crippen LogP contribution < -0.4 is 5.32 Å². The number of amides is 1. The summed E-state index contributed by atoms with van der Waals surface area (Å²) in [5.41, 5.74) is 2.70. The molecular weight excluding hydrogens is 336 g/mol. The molecule has 1 aliphatic carbocycles. The maximum absolute atomic E-state index is 12.6. The van der Waals surface area contributed by atoms with E-state index in [4.69, 9.17) is 0 Å². The van der Waals surface area contributed by atoms with Crippen molar-refractivity contribution in [2.75, 3.05) is 24.6 Å². The fourth-order valence-corrected chi connectivity index (χ4v) is 6.33. The van der Waals surface area contributed by atoms with E-state index in [1.807, 2.05) is 0 Å². The maximum Gasteiger partial charge on any atom is 0.223 e. The van der Waals surface area contributed by atoms with Crippen molar-refractivity contribution in [3.8, 4) is 0 Å². The zero-order valence-electron chi connectivity index (χ0n) is 14.5. The highest BCUT2D eigenvalue weighted by molar-refractivity contribution is 7.91. The molecule has 2 heterocycles. The van der Waals surface area contributed by atoms with Gasteiger partial charge in [-0.2, -0.15) is 0 Å². The van der Waals surface area contributed by atoms with Crippen LogP contribution in [0.4, 0.5) is 0 Å². The minimum atomic E-state index is -2.84. The van der Waals surface area contributed by atoms with Crippen molar-refractivity contribution >= 4 is 15.7 Å². The van der Waals surface area contributed by atoms with Crippen molar-refractivity contribution in [1.82, 2.24) is 10.2 Å². The van der Waals surface area contributed by atoms with Crippen LogP contribution in [0.5, 0.6) is 0 Å². The van der Waals surface area contributed by atoms with Crippen LogP contribution in [0.15, 0.2) is 24.3 Å². The predicted molar refractivity (Wildman–Crippen MR) is 97.1 cm³/mol.